The Bertz CT molecular complexity index is 343. The van der Waals surface area contributed by atoms with Crippen LogP contribution >= 0.6 is 0 Å². The van der Waals surface area contributed by atoms with E-state index in [9.17, 15) is 0 Å². The van der Waals surface area contributed by atoms with Crippen LogP contribution in [0.15, 0.2) is 0 Å². The minimum atomic E-state index is -3.24. The topological polar surface area (TPSA) is 46.2 Å². The van der Waals surface area contributed by atoms with Crippen molar-refractivity contribution in [3.05, 3.63) is 0 Å². The summed E-state index contributed by atoms with van der Waals surface area (Å²) in [5, 5.41) is 0. The summed E-state index contributed by atoms with van der Waals surface area (Å²) in [5.41, 5.74) is 0. The predicted octanol–water partition coefficient (Wildman–Crippen LogP) is 6.25. The van der Waals surface area contributed by atoms with E-state index in [-0.39, 0.29) is 0 Å². The molecule has 0 fully saturated rings. The fraction of sp³-hybridized carbons (Fsp3) is 1.00. The van der Waals surface area contributed by atoms with E-state index in [1.807, 2.05) is 0 Å². The van der Waals surface area contributed by atoms with Gasteiger partial charge in [-0.2, -0.15) is 0 Å². The highest BCUT2D eigenvalue weighted by atomic mass is 28.4. The molecule has 0 spiro atoms. The fourth-order valence-electron chi connectivity index (χ4n) is 3.34. The van der Waals surface area contributed by atoms with Crippen LogP contribution in [-0.2, 0) is 21.8 Å². The second kappa shape index (κ2) is 19.7. The minimum absolute atomic E-state index is 0.496. The van der Waals surface area contributed by atoms with Crippen LogP contribution in [0.3, 0.4) is 0 Å². The van der Waals surface area contributed by atoms with Crippen LogP contribution in [0.25, 0.3) is 0 Å². The first-order chi connectivity index (χ1) is 15.0. The van der Waals surface area contributed by atoms with E-state index in [0.29, 0.717) is 43.5 Å². The fourth-order valence-corrected chi connectivity index (χ4v) is 7.25. The molecule has 0 amide bonds. The Balaban J connectivity index is 5.34. The zero-order valence-electron chi connectivity index (χ0n) is 22.0. The Morgan fingerprint density at radius 1 is 0.484 bits per heavy atom. The van der Waals surface area contributed by atoms with Gasteiger partial charge in [0.2, 0.25) is 0 Å². The zero-order valence-corrected chi connectivity index (χ0v) is 24.5. The van der Waals surface area contributed by atoms with Gasteiger partial charge in [0.25, 0.3) is 10.0 Å². The molecule has 0 heterocycles. The molecule has 0 aliphatic rings. The van der Waals surface area contributed by atoms with Gasteiger partial charge in [-0.25, -0.2) is 0 Å². The molecule has 0 saturated heterocycles. The molecule has 0 rings (SSSR count). The molecule has 5 nitrogen and oxygen atoms in total. The quantitative estimate of drug-likeness (QED) is 0.136. The molecule has 0 radical (unpaired) electrons. The van der Waals surface area contributed by atoms with Crippen molar-refractivity contribution in [3.8, 4) is 0 Å². The molecule has 31 heavy (non-hydrogen) atoms. The van der Waals surface area contributed by atoms with Gasteiger partial charge in [0.15, 0.2) is 0 Å². The Labute approximate surface area is 197 Å². The van der Waals surface area contributed by atoms with E-state index in [1.165, 1.54) is 0 Å². The summed E-state index contributed by atoms with van der Waals surface area (Å²) in [6.07, 6.45) is 8.78. The standard InChI is InChI=1S/C24H54O5Si2/c1-9-21(10-2)17-25-30-29-31(26-18-22(11-3)12-4,27-19-23(13-5)14-6)28-20-24(15-7)16-8/h21-24H,9-20,30H2,1-8H3. The van der Waals surface area contributed by atoms with Crippen molar-refractivity contribution >= 4 is 19.1 Å². The van der Waals surface area contributed by atoms with Crippen molar-refractivity contribution in [2.75, 3.05) is 26.4 Å². The Morgan fingerprint density at radius 2 is 0.774 bits per heavy atom. The van der Waals surface area contributed by atoms with Crippen molar-refractivity contribution in [2.45, 2.75) is 107 Å². The van der Waals surface area contributed by atoms with Gasteiger partial charge >= 0.3 is 9.05 Å². The van der Waals surface area contributed by atoms with Crippen LogP contribution in [0.1, 0.15) is 107 Å². The molecule has 0 unspecified atom stereocenters. The van der Waals surface area contributed by atoms with E-state index in [0.717, 1.165) is 58.0 Å². The summed E-state index contributed by atoms with van der Waals surface area (Å²) in [6.45, 7) is 20.4. The van der Waals surface area contributed by atoms with E-state index < -0.39 is 19.1 Å². The highest BCUT2D eigenvalue weighted by Gasteiger charge is 2.46. The zero-order chi connectivity index (χ0) is 23.5. The first-order valence-corrected chi connectivity index (χ1v) is 15.9. The Morgan fingerprint density at radius 3 is 1.06 bits per heavy atom. The first kappa shape index (κ1) is 31.2. The third kappa shape index (κ3) is 13.5. The summed E-state index contributed by atoms with van der Waals surface area (Å²) >= 11 is 0. The number of rotatable bonds is 22. The highest BCUT2D eigenvalue weighted by molar-refractivity contribution is 6.59. The highest BCUT2D eigenvalue weighted by Crippen LogP contribution is 2.21. The summed E-state index contributed by atoms with van der Waals surface area (Å²) < 4.78 is 31.7. The van der Waals surface area contributed by atoms with Crippen LogP contribution in [-0.4, -0.2) is 45.5 Å². The molecule has 0 saturated carbocycles. The largest absolute Gasteiger partial charge is 0.670 e. The third-order valence-corrected chi connectivity index (χ3v) is 10.6. The summed E-state index contributed by atoms with van der Waals surface area (Å²) in [5.74, 6) is 2.08. The Hall–Kier alpha value is 0.234. The van der Waals surface area contributed by atoms with E-state index in [4.69, 9.17) is 21.8 Å². The maximum Gasteiger partial charge on any atom is 0.670 e. The lowest BCUT2D eigenvalue weighted by Crippen LogP contribution is -2.52. The normalized spacial score (nSPS) is 13.2. The minimum Gasteiger partial charge on any atom is -0.399 e. The second-order valence-corrected chi connectivity index (χ2v) is 12.5. The van der Waals surface area contributed by atoms with Gasteiger partial charge < -0.3 is 21.8 Å². The van der Waals surface area contributed by atoms with Crippen LogP contribution in [0.5, 0.6) is 0 Å². The molecule has 0 N–H and O–H groups in total. The average Bonchev–Trinajstić information content (AvgIpc) is 2.81. The summed E-state index contributed by atoms with van der Waals surface area (Å²) in [7, 11) is -4.48. The van der Waals surface area contributed by atoms with Gasteiger partial charge in [-0.15, -0.1) is 0 Å². The predicted molar refractivity (Wildman–Crippen MR) is 135 cm³/mol. The van der Waals surface area contributed by atoms with Gasteiger partial charge in [-0.05, 0) is 23.7 Å². The maximum absolute atomic E-state index is 6.44. The van der Waals surface area contributed by atoms with Gasteiger partial charge in [0, 0.05) is 26.4 Å². The lowest BCUT2D eigenvalue weighted by atomic mass is 10.1. The number of hydrogen-bond acceptors (Lipinski definition) is 5. The third-order valence-electron chi connectivity index (χ3n) is 6.78. The molecule has 0 aliphatic heterocycles. The molecule has 0 aromatic carbocycles. The lowest BCUT2D eigenvalue weighted by molar-refractivity contribution is -0.0286. The van der Waals surface area contributed by atoms with Crippen molar-refractivity contribution < 1.29 is 21.8 Å². The molecule has 7 heteroatoms. The van der Waals surface area contributed by atoms with Gasteiger partial charge in [-0.3, -0.25) is 0 Å². The molecule has 0 aliphatic carbocycles. The smallest absolute Gasteiger partial charge is 0.399 e. The molecular formula is C24H54O5Si2. The lowest BCUT2D eigenvalue weighted by Gasteiger charge is -2.32. The maximum atomic E-state index is 6.44. The van der Waals surface area contributed by atoms with Crippen molar-refractivity contribution in [2.24, 2.45) is 23.7 Å². The molecule has 0 aromatic heterocycles. The molecule has 0 bridgehead atoms. The SMILES string of the molecule is CCC(CC)CO[SiH2]O[Si](OCC(CC)CC)(OCC(CC)CC)OCC(CC)CC. The van der Waals surface area contributed by atoms with Crippen molar-refractivity contribution in [1.29, 1.82) is 0 Å². The van der Waals surface area contributed by atoms with E-state index >= 15 is 0 Å². The summed E-state index contributed by atoms with van der Waals surface area (Å²) in [4.78, 5) is 0. The van der Waals surface area contributed by atoms with Crippen molar-refractivity contribution in [1.82, 2.24) is 0 Å². The van der Waals surface area contributed by atoms with Gasteiger partial charge in [0.1, 0.15) is 0 Å². The Kier molecular flexibility index (Phi) is 19.8. The summed E-state index contributed by atoms with van der Waals surface area (Å²) in [6, 6.07) is 0. The van der Waals surface area contributed by atoms with E-state index in [2.05, 4.69) is 55.4 Å². The molecule has 0 atom stereocenters. The molecule has 188 valence electrons. The molecule has 0 aromatic rings. The van der Waals surface area contributed by atoms with Crippen molar-refractivity contribution in [3.63, 3.8) is 0 Å². The van der Waals surface area contributed by atoms with Crippen LogP contribution in [0.2, 0.25) is 0 Å². The van der Waals surface area contributed by atoms with Gasteiger partial charge in [-0.1, -0.05) is 107 Å². The van der Waals surface area contributed by atoms with E-state index in [1.54, 1.807) is 0 Å². The van der Waals surface area contributed by atoms with Gasteiger partial charge in [0.05, 0.1) is 0 Å². The monoisotopic (exact) mass is 478 g/mol. The van der Waals surface area contributed by atoms with Crippen LogP contribution in [0.4, 0.5) is 0 Å². The average molecular weight is 479 g/mol. The first-order valence-electron chi connectivity index (χ1n) is 13.1. The van der Waals surface area contributed by atoms with Crippen LogP contribution in [0, 0.1) is 23.7 Å². The number of hydrogen-bond donors (Lipinski definition) is 0. The second-order valence-electron chi connectivity index (χ2n) is 8.80. The molecular weight excluding hydrogens is 424 g/mol. The van der Waals surface area contributed by atoms with Crippen LogP contribution < -0.4 is 0 Å².